The standard InChI is InChI=1S/C40H60N8O6S/c1-22-16-17-55-32(22)36(41-24(3)29-18-23(2)46-47(29)10)54-27-20-30(48(21-27)37(52)33(39(4,5)6)44-38(53)45-40(7,8)9)34(50)43-28(19-25-12-11-13-25)31(49)35(51)42-26-14-15-26/h16-18,24-28,30,33H,11-15,19-21H2,1-10H3,(H,42,51)(H,43,50)(H2,44,45,53)/b41-36+/t24?,27-,28+,30+,33-/m1/s1. The lowest BCUT2D eigenvalue weighted by Gasteiger charge is -2.36. The van der Waals surface area contributed by atoms with Crippen molar-refractivity contribution in [2.24, 2.45) is 23.4 Å². The van der Waals surface area contributed by atoms with Gasteiger partial charge in [-0.1, -0.05) is 40.0 Å². The first kappa shape index (κ1) is 41.9. The highest BCUT2D eigenvalue weighted by atomic mass is 32.1. The zero-order valence-electron chi connectivity index (χ0n) is 34.1. The molecule has 0 spiro atoms. The SMILES string of the molecule is Cc1cc(C(C)/N=C(/O[C@@H]2C[C@@H](C(=O)N[C@@H](CC3CCC3)C(=O)C(=O)NC3CC3)N(C(=O)[C@@H](NC(=O)NC(C)(C)C)C(C)(C)C)C2)c2sccc2C)n(C)n1. The predicted octanol–water partition coefficient (Wildman–Crippen LogP) is 4.63. The number of urea groups is 1. The van der Waals surface area contributed by atoms with E-state index in [1.54, 1.807) is 4.68 Å². The molecule has 3 heterocycles. The molecule has 5 amide bonds. The van der Waals surface area contributed by atoms with Crippen LogP contribution in [-0.4, -0.2) is 92.5 Å². The average Bonchev–Trinajstić information content (AvgIpc) is 3.42. The highest BCUT2D eigenvalue weighted by molar-refractivity contribution is 7.12. The van der Waals surface area contributed by atoms with E-state index < -0.39 is 64.7 Å². The Morgan fingerprint density at radius 2 is 1.73 bits per heavy atom. The van der Waals surface area contributed by atoms with Gasteiger partial charge in [0, 0.05) is 25.0 Å². The van der Waals surface area contributed by atoms with Crippen molar-refractivity contribution in [2.45, 2.75) is 149 Å². The Morgan fingerprint density at radius 1 is 1.04 bits per heavy atom. The third-order valence-corrected chi connectivity index (χ3v) is 11.4. The quantitative estimate of drug-likeness (QED) is 0.130. The van der Waals surface area contributed by atoms with E-state index in [4.69, 9.17) is 9.73 Å². The lowest BCUT2D eigenvalue weighted by Crippen LogP contribution is -2.61. The van der Waals surface area contributed by atoms with Gasteiger partial charge in [-0.05, 0) is 95.2 Å². The molecule has 15 heteroatoms. The van der Waals surface area contributed by atoms with Crippen LogP contribution in [0.3, 0.4) is 0 Å². The summed E-state index contributed by atoms with van der Waals surface area (Å²) in [4.78, 5) is 76.1. The molecule has 3 aliphatic rings. The first-order valence-corrected chi connectivity index (χ1v) is 20.4. The van der Waals surface area contributed by atoms with Crippen LogP contribution in [0.2, 0.25) is 0 Å². The maximum atomic E-state index is 14.7. The van der Waals surface area contributed by atoms with Crippen LogP contribution in [0.5, 0.6) is 0 Å². The lowest BCUT2D eigenvalue weighted by molar-refractivity contribution is -0.144. The fourth-order valence-corrected chi connectivity index (χ4v) is 7.92. The molecule has 1 saturated heterocycles. The number of ether oxygens (including phenoxy) is 1. The molecule has 2 aromatic rings. The van der Waals surface area contributed by atoms with Crippen molar-refractivity contribution < 1.29 is 28.7 Å². The summed E-state index contributed by atoms with van der Waals surface area (Å²) in [5, 5.41) is 17.9. The highest BCUT2D eigenvalue weighted by Crippen LogP contribution is 2.33. The molecule has 1 aliphatic heterocycles. The molecule has 1 unspecified atom stereocenters. The van der Waals surface area contributed by atoms with E-state index in [0.717, 1.165) is 53.9 Å². The Hall–Kier alpha value is -4.27. The van der Waals surface area contributed by atoms with E-state index in [0.29, 0.717) is 12.3 Å². The summed E-state index contributed by atoms with van der Waals surface area (Å²) >= 11 is 1.49. The Labute approximate surface area is 329 Å². The molecule has 4 N–H and O–H groups in total. The van der Waals surface area contributed by atoms with Crippen molar-refractivity contribution in [3.05, 3.63) is 39.3 Å². The third kappa shape index (κ3) is 10.9. The normalized spacial score (nSPS) is 20.9. The third-order valence-electron chi connectivity index (χ3n) is 10.4. The number of carbonyl (C=O) groups excluding carboxylic acids is 5. The minimum Gasteiger partial charge on any atom is -0.472 e. The first-order valence-electron chi connectivity index (χ1n) is 19.5. The summed E-state index contributed by atoms with van der Waals surface area (Å²) in [6.45, 7) is 17.0. The number of Topliss-reactive ketones (excluding diaryl/α,β-unsaturated/α-hetero) is 1. The fourth-order valence-electron chi connectivity index (χ4n) is 7.06. The van der Waals surface area contributed by atoms with Gasteiger partial charge in [0.2, 0.25) is 23.5 Å². The summed E-state index contributed by atoms with van der Waals surface area (Å²) in [5.41, 5.74) is 1.44. The summed E-state index contributed by atoms with van der Waals surface area (Å²) in [5.74, 6) is -1.77. The van der Waals surface area contributed by atoms with E-state index in [-0.39, 0.29) is 31.0 Å². The molecule has 3 fully saturated rings. The summed E-state index contributed by atoms with van der Waals surface area (Å²) in [6.07, 6.45) is 4.32. The fraction of sp³-hybridized carbons (Fsp3) is 0.675. The van der Waals surface area contributed by atoms with Crippen LogP contribution in [0.4, 0.5) is 4.79 Å². The number of thiophene rings is 1. The van der Waals surface area contributed by atoms with Crippen molar-refractivity contribution in [1.29, 1.82) is 0 Å². The van der Waals surface area contributed by atoms with Gasteiger partial charge in [0.05, 0.1) is 34.9 Å². The molecule has 0 radical (unpaired) electrons. The van der Waals surface area contributed by atoms with Gasteiger partial charge in [-0.15, -0.1) is 11.3 Å². The molecule has 302 valence electrons. The smallest absolute Gasteiger partial charge is 0.315 e. The number of rotatable bonds is 13. The van der Waals surface area contributed by atoms with Crippen LogP contribution in [-0.2, 0) is 31.0 Å². The number of nitrogens with one attached hydrogen (secondary N) is 4. The van der Waals surface area contributed by atoms with Gasteiger partial charge in [-0.3, -0.25) is 23.9 Å². The molecule has 2 aromatic heterocycles. The van der Waals surface area contributed by atoms with Crippen molar-refractivity contribution in [3.63, 3.8) is 0 Å². The second kappa shape index (κ2) is 16.8. The van der Waals surface area contributed by atoms with E-state index in [9.17, 15) is 24.0 Å². The molecule has 14 nitrogen and oxygen atoms in total. The molecule has 5 atom stereocenters. The second-order valence-electron chi connectivity index (χ2n) is 17.7. The van der Waals surface area contributed by atoms with Gasteiger partial charge in [-0.2, -0.15) is 5.10 Å². The van der Waals surface area contributed by atoms with Crippen molar-refractivity contribution >= 4 is 46.8 Å². The maximum absolute atomic E-state index is 14.7. The van der Waals surface area contributed by atoms with E-state index in [1.165, 1.54) is 16.2 Å². The summed E-state index contributed by atoms with van der Waals surface area (Å²) in [7, 11) is 1.87. The molecular formula is C40H60N8O6S. The molecule has 2 aliphatic carbocycles. The number of likely N-dealkylation sites (tertiary alicyclic amines) is 1. The van der Waals surface area contributed by atoms with E-state index >= 15 is 0 Å². The summed E-state index contributed by atoms with van der Waals surface area (Å²) in [6, 6.07) is 0.0196. The number of aliphatic imine (C=N–C) groups is 1. The highest BCUT2D eigenvalue weighted by Gasteiger charge is 2.47. The zero-order chi connectivity index (χ0) is 40.4. The molecule has 55 heavy (non-hydrogen) atoms. The van der Waals surface area contributed by atoms with Crippen LogP contribution in [0.1, 0.15) is 121 Å². The average molecular weight is 781 g/mol. The van der Waals surface area contributed by atoms with E-state index in [2.05, 4.69) is 26.4 Å². The zero-order valence-corrected chi connectivity index (χ0v) is 34.9. The Balaban J connectivity index is 1.46. The lowest BCUT2D eigenvalue weighted by atomic mass is 9.80. The largest absolute Gasteiger partial charge is 0.472 e. The molecule has 5 rings (SSSR count). The van der Waals surface area contributed by atoms with Crippen molar-refractivity contribution in [2.75, 3.05) is 6.54 Å². The number of ketones is 1. The van der Waals surface area contributed by atoms with Crippen LogP contribution >= 0.6 is 11.3 Å². The second-order valence-corrected chi connectivity index (χ2v) is 18.6. The van der Waals surface area contributed by atoms with Gasteiger partial charge in [0.15, 0.2) is 0 Å². The predicted molar refractivity (Wildman–Crippen MR) is 212 cm³/mol. The van der Waals surface area contributed by atoms with Gasteiger partial charge in [0.25, 0.3) is 5.91 Å². The molecule has 2 saturated carbocycles. The van der Waals surface area contributed by atoms with Gasteiger partial charge >= 0.3 is 6.03 Å². The minimum absolute atomic E-state index is 0.0119. The topological polar surface area (TPSA) is 176 Å². The van der Waals surface area contributed by atoms with Crippen LogP contribution in [0, 0.1) is 25.2 Å². The number of carbonyl (C=O) groups is 5. The van der Waals surface area contributed by atoms with Gasteiger partial charge < -0.3 is 30.9 Å². The maximum Gasteiger partial charge on any atom is 0.315 e. The van der Waals surface area contributed by atoms with Crippen LogP contribution in [0.25, 0.3) is 0 Å². The van der Waals surface area contributed by atoms with Crippen LogP contribution < -0.4 is 21.3 Å². The Bertz CT molecular complexity index is 1780. The first-order chi connectivity index (χ1) is 25.7. The van der Waals surface area contributed by atoms with Gasteiger partial charge in [0.1, 0.15) is 18.2 Å². The number of nitrogens with zero attached hydrogens (tertiary/aromatic N) is 4. The summed E-state index contributed by atoms with van der Waals surface area (Å²) < 4.78 is 8.50. The van der Waals surface area contributed by atoms with E-state index in [1.807, 2.05) is 86.9 Å². The number of aryl methyl sites for hydroxylation is 3. The number of hydrogen-bond donors (Lipinski definition) is 4. The van der Waals surface area contributed by atoms with Gasteiger partial charge in [-0.25, -0.2) is 9.79 Å². The molecule has 0 bridgehead atoms. The minimum atomic E-state index is -1.05. The van der Waals surface area contributed by atoms with Crippen LogP contribution in [0.15, 0.2) is 22.5 Å². The Morgan fingerprint density at radius 3 is 2.25 bits per heavy atom. The Kier molecular flexibility index (Phi) is 12.8. The monoisotopic (exact) mass is 780 g/mol. The number of aromatic nitrogens is 2. The number of amides is 5. The molecule has 0 aromatic carbocycles. The number of hydrogen-bond acceptors (Lipinski definition) is 9. The molecular weight excluding hydrogens is 721 g/mol. The van der Waals surface area contributed by atoms with Crippen molar-refractivity contribution in [3.8, 4) is 0 Å². The van der Waals surface area contributed by atoms with Crippen molar-refractivity contribution in [1.82, 2.24) is 35.9 Å².